The second-order valence-corrected chi connectivity index (χ2v) is 5.99. The molecule has 5 heteroatoms. The molecule has 2 rings (SSSR count). The van der Waals surface area contributed by atoms with Crippen molar-refractivity contribution in [3.8, 4) is 6.07 Å². The van der Waals surface area contributed by atoms with Gasteiger partial charge in [0.2, 0.25) is 6.10 Å². The Bertz CT molecular complexity index is 789. The second-order valence-electron chi connectivity index (χ2n) is 5.99. The summed E-state index contributed by atoms with van der Waals surface area (Å²) in [6.07, 6.45) is 0.821. The van der Waals surface area contributed by atoms with Crippen LogP contribution in [0, 0.1) is 11.3 Å². The van der Waals surface area contributed by atoms with E-state index in [1.54, 1.807) is 37.4 Å². The number of amides is 1. The predicted molar refractivity (Wildman–Crippen MR) is 98.5 cm³/mol. The van der Waals surface area contributed by atoms with E-state index in [1.165, 1.54) is 5.56 Å². The highest BCUT2D eigenvalue weighted by molar-refractivity contribution is 5.94. The van der Waals surface area contributed by atoms with Gasteiger partial charge in [0.1, 0.15) is 0 Å². The van der Waals surface area contributed by atoms with Gasteiger partial charge in [-0.3, -0.25) is 4.79 Å². The first kappa shape index (κ1) is 18.2. The molecule has 0 heterocycles. The molecule has 0 fully saturated rings. The van der Waals surface area contributed by atoms with E-state index >= 15 is 0 Å². The first-order valence-electron chi connectivity index (χ1n) is 8.10. The van der Waals surface area contributed by atoms with Gasteiger partial charge in [-0.25, -0.2) is 0 Å². The molecular weight excluding hydrogens is 314 g/mol. The fourth-order valence-electron chi connectivity index (χ4n) is 2.11. The summed E-state index contributed by atoms with van der Waals surface area (Å²) >= 11 is 0. The van der Waals surface area contributed by atoms with Crippen molar-refractivity contribution in [2.24, 2.45) is 5.16 Å². The average Bonchev–Trinajstić information content (AvgIpc) is 2.62. The van der Waals surface area contributed by atoms with E-state index in [4.69, 9.17) is 10.1 Å². The third-order valence-electron chi connectivity index (χ3n) is 3.65. The van der Waals surface area contributed by atoms with Gasteiger partial charge in [-0.05, 0) is 42.2 Å². The maximum absolute atomic E-state index is 12.1. The Hall–Kier alpha value is -3.13. The molecule has 25 heavy (non-hydrogen) atoms. The van der Waals surface area contributed by atoms with Gasteiger partial charge in [0.25, 0.3) is 5.91 Å². The average molecular weight is 335 g/mol. The van der Waals surface area contributed by atoms with Gasteiger partial charge in [0.15, 0.2) is 0 Å². The number of carbonyl (C=O) groups excluding carboxylic acids is 1. The van der Waals surface area contributed by atoms with E-state index in [9.17, 15) is 4.79 Å². The van der Waals surface area contributed by atoms with Crippen molar-refractivity contribution in [1.82, 2.24) is 0 Å². The van der Waals surface area contributed by atoms with Gasteiger partial charge < -0.3 is 10.2 Å². The van der Waals surface area contributed by atoms with Crippen molar-refractivity contribution in [3.05, 3.63) is 65.2 Å². The molecule has 0 aliphatic rings. The Morgan fingerprint density at radius 3 is 2.56 bits per heavy atom. The van der Waals surface area contributed by atoms with E-state index in [1.807, 2.05) is 30.3 Å². The van der Waals surface area contributed by atoms with Crippen LogP contribution in [0.4, 0.5) is 5.69 Å². The Kier molecular flexibility index (Phi) is 6.30. The van der Waals surface area contributed by atoms with E-state index in [0.29, 0.717) is 17.2 Å². The van der Waals surface area contributed by atoms with E-state index in [0.717, 1.165) is 5.56 Å². The van der Waals surface area contributed by atoms with Gasteiger partial charge in [-0.15, -0.1) is 0 Å². The number of carbonyl (C=O) groups is 1. The van der Waals surface area contributed by atoms with Crippen LogP contribution >= 0.6 is 0 Å². The number of nitrogens with zero attached hydrogens (tertiary/aromatic N) is 2. The highest BCUT2D eigenvalue weighted by Crippen LogP contribution is 2.14. The Labute approximate surface area is 147 Å². The molecule has 5 nitrogen and oxygen atoms in total. The zero-order valence-corrected chi connectivity index (χ0v) is 14.6. The highest BCUT2D eigenvalue weighted by Gasteiger charge is 2.14. The number of rotatable bonds is 6. The molecule has 0 bridgehead atoms. The number of anilines is 1. The summed E-state index contributed by atoms with van der Waals surface area (Å²) in [5.41, 5.74) is 3.19. The molecule has 0 spiro atoms. The number of benzene rings is 2. The van der Waals surface area contributed by atoms with Crippen molar-refractivity contribution < 1.29 is 9.63 Å². The minimum Gasteiger partial charge on any atom is -0.383 e. The first-order valence-corrected chi connectivity index (χ1v) is 8.10. The monoisotopic (exact) mass is 335 g/mol. The molecule has 2 aromatic carbocycles. The number of hydrogen-bond donors (Lipinski definition) is 1. The van der Waals surface area contributed by atoms with Gasteiger partial charge in [0, 0.05) is 5.69 Å². The van der Waals surface area contributed by atoms with Crippen LogP contribution in [0.25, 0.3) is 0 Å². The second kappa shape index (κ2) is 8.65. The quantitative estimate of drug-likeness (QED) is 0.639. The molecule has 0 aromatic heterocycles. The third kappa shape index (κ3) is 5.47. The third-order valence-corrected chi connectivity index (χ3v) is 3.65. The van der Waals surface area contributed by atoms with Crippen LogP contribution in [-0.4, -0.2) is 18.2 Å². The predicted octanol–water partition coefficient (Wildman–Crippen LogP) is 4.06. The maximum atomic E-state index is 12.1. The SMILES string of the molecule is CC(C)c1ccc(/C=N\O[C@@H](C)C(=O)Nc2cccc(C#N)c2)cc1. The lowest BCUT2D eigenvalue weighted by atomic mass is 10.0. The Morgan fingerprint density at radius 2 is 1.92 bits per heavy atom. The van der Waals surface area contributed by atoms with Crippen LogP contribution in [0.3, 0.4) is 0 Å². The fraction of sp³-hybridized carbons (Fsp3) is 0.250. The van der Waals surface area contributed by atoms with Gasteiger partial charge in [-0.1, -0.05) is 49.3 Å². The molecule has 0 aliphatic heterocycles. The highest BCUT2D eigenvalue weighted by atomic mass is 16.6. The number of oxime groups is 1. The molecule has 0 saturated heterocycles. The summed E-state index contributed by atoms with van der Waals surface area (Å²) in [4.78, 5) is 17.3. The summed E-state index contributed by atoms with van der Waals surface area (Å²) in [5, 5.41) is 15.4. The molecule has 2 aromatic rings. The molecule has 0 saturated carbocycles. The van der Waals surface area contributed by atoms with Gasteiger partial charge in [0.05, 0.1) is 17.8 Å². The largest absolute Gasteiger partial charge is 0.383 e. The molecule has 1 amide bonds. The van der Waals surface area contributed by atoms with Crippen molar-refractivity contribution >= 4 is 17.8 Å². The van der Waals surface area contributed by atoms with Gasteiger partial charge in [-0.2, -0.15) is 5.26 Å². The zero-order valence-electron chi connectivity index (χ0n) is 14.6. The Balaban J connectivity index is 1.89. The lowest BCUT2D eigenvalue weighted by molar-refractivity contribution is -0.126. The molecule has 1 atom stereocenters. The minimum atomic E-state index is -0.753. The molecule has 128 valence electrons. The van der Waals surface area contributed by atoms with Crippen LogP contribution in [0.15, 0.2) is 53.7 Å². The van der Waals surface area contributed by atoms with Crippen molar-refractivity contribution in [3.63, 3.8) is 0 Å². The number of hydrogen-bond acceptors (Lipinski definition) is 4. The molecule has 0 aliphatic carbocycles. The normalized spacial score (nSPS) is 12.0. The van der Waals surface area contributed by atoms with Gasteiger partial charge >= 0.3 is 0 Å². The van der Waals surface area contributed by atoms with Crippen LogP contribution < -0.4 is 5.32 Å². The Morgan fingerprint density at radius 1 is 1.20 bits per heavy atom. The fourth-order valence-corrected chi connectivity index (χ4v) is 2.11. The summed E-state index contributed by atoms with van der Waals surface area (Å²) in [5.74, 6) is 0.146. The summed E-state index contributed by atoms with van der Waals surface area (Å²) in [7, 11) is 0. The van der Waals surface area contributed by atoms with Crippen molar-refractivity contribution in [2.75, 3.05) is 5.32 Å². The van der Waals surface area contributed by atoms with E-state index in [2.05, 4.69) is 24.3 Å². The van der Waals surface area contributed by atoms with Crippen LogP contribution in [0.2, 0.25) is 0 Å². The van der Waals surface area contributed by atoms with E-state index in [-0.39, 0.29) is 5.91 Å². The number of nitriles is 1. The summed E-state index contributed by atoms with van der Waals surface area (Å²) < 4.78 is 0. The maximum Gasteiger partial charge on any atom is 0.267 e. The molecule has 1 N–H and O–H groups in total. The number of nitrogens with one attached hydrogen (secondary N) is 1. The van der Waals surface area contributed by atoms with E-state index < -0.39 is 6.10 Å². The van der Waals surface area contributed by atoms with Crippen LogP contribution in [0.1, 0.15) is 43.4 Å². The lowest BCUT2D eigenvalue weighted by Crippen LogP contribution is -2.26. The van der Waals surface area contributed by atoms with Crippen LogP contribution in [-0.2, 0) is 9.63 Å². The zero-order chi connectivity index (χ0) is 18.2. The van der Waals surface area contributed by atoms with Crippen molar-refractivity contribution in [2.45, 2.75) is 32.8 Å². The minimum absolute atomic E-state index is 0.331. The smallest absolute Gasteiger partial charge is 0.267 e. The summed E-state index contributed by atoms with van der Waals surface area (Å²) in [6, 6.07) is 16.7. The topological polar surface area (TPSA) is 74.5 Å². The van der Waals surface area contributed by atoms with Crippen LogP contribution in [0.5, 0.6) is 0 Å². The first-order chi connectivity index (χ1) is 12.0. The lowest BCUT2D eigenvalue weighted by Gasteiger charge is -2.10. The van der Waals surface area contributed by atoms with Crippen molar-refractivity contribution in [1.29, 1.82) is 5.26 Å². The molecular formula is C20H21N3O2. The molecule has 0 unspecified atom stereocenters. The summed E-state index contributed by atoms with van der Waals surface area (Å²) in [6.45, 7) is 5.89. The molecule has 0 radical (unpaired) electrons. The standard InChI is InChI=1S/C20H21N3O2/c1-14(2)18-9-7-16(8-10-18)13-22-25-15(3)20(24)23-19-6-4-5-17(11-19)12-21/h4-11,13-15H,1-3H3,(H,23,24)/b22-13-/t15-/m0/s1.